The highest BCUT2D eigenvalue weighted by Gasteiger charge is 2.35. The molecule has 5 heteroatoms. The Hall–Kier alpha value is -0.910. The lowest BCUT2D eigenvalue weighted by Crippen LogP contribution is -2.49. The summed E-state index contributed by atoms with van der Waals surface area (Å²) in [5.41, 5.74) is 0.794. The molecule has 20 heavy (non-hydrogen) atoms. The van der Waals surface area contributed by atoms with Gasteiger partial charge in [0.1, 0.15) is 0 Å². The highest BCUT2D eigenvalue weighted by molar-refractivity contribution is 7.88. The van der Waals surface area contributed by atoms with E-state index < -0.39 is 16.1 Å². The molecule has 0 spiro atoms. The second-order valence-corrected chi connectivity index (χ2v) is 7.31. The first-order valence-corrected chi connectivity index (χ1v) is 8.87. The molecule has 2 atom stereocenters. The monoisotopic (exact) mass is 297 g/mol. The molecular formula is C15H23NO3S. The topological polar surface area (TPSA) is 57.6 Å². The summed E-state index contributed by atoms with van der Waals surface area (Å²) in [4.78, 5) is 0. The summed E-state index contributed by atoms with van der Waals surface area (Å²) in [5.74, 6) is 0.0147. The van der Waals surface area contributed by atoms with E-state index in [-0.39, 0.29) is 11.8 Å². The standard InChI is InChI=1S/C15H23NO3S/c1-2-15(17)14-10-6-7-11-16(14)20(18,19)12-13-8-4-3-5-9-13/h3-5,8-9,14-15,17H,2,6-7,10-12H2,1H3. The number of nitrogens with zero attached hydrogens (tertiary/aromatic N) is 1. The second kappa shape index (κ2) is 6.70. The van der Waals surface area contributed by atoms with Crippen LogP contribution in [0.5, 0.6) is 0 Å². The van der Waals surface area contributed by atoms with Gasteiger partial charge < -0.3 is 5.11 Å². The average Bonchev–Trinajstić information content (AvgIpc) is 2.47. The van der Waals surface area contributed by atoms with Gasteiger partial charge in [0.25, 0.3) is 0 Å². The minimum absolute atomic E-state index is 0.0147. The van der Waals surface area contributed by atoms with Gasteiger partial charge in [-0.15, -0.1) is 0 Å². The van der Waals surface area contributed by atoms with Crippen LogP contribution < -0.4 is 0 Å². The zero-order valence-corrected chi connectivity index (χ0v) is 12.7. The van der Waals surface area contributed by atoms with Crippen molar-refractivity contribution in [2.45, 2.75) is 50.5 Å². The molecule has 1 saturated heterocycles. The molecule has 1 heterocycles. The molecule has 0 radical (unpaired) electrons. The molecule has 2 rings (SSSR count). The third kappa shape index (κ3) is 3.59. The van der Waals surface area contributed by atoms with Gasteiger partial charge in [0.2, 0.25) is 10.0 Å². The maximum Gasteiger partial charge on any atom is 0.218 e. The van der Waals surface area contributed by atoms with Crippen molar-refractivity contribution in [3.63, 3.8) is 0 Å². The van der Waals surface area contributed by atoms with Gasteiger partial charge in [0.05, 0.1) is 17.9 Å². The van der Waals surface area contributed by atoms with Crippen molar-refractivity contribution < 1.29 is 13.5 Å². The van der Waals surface area contributed by atoms with Crippen LogP contribution in [-0.2, 0) is 15.8 Å². The summed E-state index contributed by atoms with van der Waals surface area (Å²) in [6, 6.07) is 8.96. The first kappa shape index (κ1) is 15.5. The lowest BCUT2D eigenvalue weighted by Gasteiger charge is -2.37. The third-order valence-corrected chi connectivity index (χ3v) is 5.78. The number of hydrogen-bond donors (Lipinski definition) is 1. The van der Waals surface area contributed by atoms with Gasteiger partial charge in [-0.3, -0.25) is 0 Å². The van der Waals surface area contributed by atoms with E-state index in [0.717, 1.165) is 24.8 Å². The number of hydrogen-bond acceptors (Lipinski definition) is 3. The van der Waals surface area contributed by atoms with Crippen molar-refractivity contribution in [1.82, 2.24) is 4.31 Å². The van der Waals surface area contributed by atoms with Crippen LogP contribution in [0.1, 0.15) is 38.2 Å². The molecule has 112 valence electrons. The van der Waals surface area contributed by atoms with Gasteiger partial charge in [-0.1, -0.05) is 43.7 Å². The minimum atomic E-state index is -3.37. The third-order valence-electron chi connectivity index (χ3n) is 3.91. The van der Waals surface area contributed by atoms with Crippen molar-refractivity contribution in [2.75, 3.05) is 6.54 Å². The zero-order chi connectivity index (χ0) is 14.6. The van der Waals surface area contributed by atoms with Gasteiger partial charge in [-0.2, -0.15) is 4.31 Å². The molecule has 1 fully saturated rings. The number of aliphatic hydroxyl groups excluding tert-OH is 1. The maximum absolute atomic E-state index is 12.6. The molecule has 1 aromatic carbocycles. The second-order valence-electron chi connectivity index (χ2n) is 5.39. The normalized spacial score (nSPS) is 22.6. The van der Waals surface area contributed by atoms with Crippen LogP contribution in [0, 0.1) is 0 Å². The highest BCUT2D eigenvalue weighted by atomic mass is 32.2. The number of rotatable bonds is 5. The summed E-state index contributed by atoms with van der Waals surface area (Å²) >= 11 is 0. The summed E-state index contributed by atoms with van der Waals surface area (Å²) < 4.78 is 26.7. The first-order valence-electron chi connectivity index (χ1n) is 7.26. The van der Waals surface area contributed by atoms with Crippen molar-refractivity contribution in [3.8, 4) is 0 Å². The lowest BCUT2D eigenvalue weighted by molar-refractivity contribution is 0.0666. The van der Waals surface area contributed by atoms with Crippen molar-refractivity contribution in [1.29, 1.82) is 0 Å². The molecule has 2 unspecified atom stereocenters. The lowest BCUT2D eigenvalue weighted by atomic mass is 9.98. The maximum atomic E-state index is 12.6. The van der Waals surface area contributed by atoms with E-state index in [9.17, 15) is 13.5 Å². The Labute approximate surface area is 121 Å². The van der Waals surface area contributed by atoms with E-state index in [2.05, 4.69) is 0 Å². The fraction of sp³-hybridized carbons (Fsp3) is 0.600. The van der Waals surface area contributed by atoms with Gasteiger partial charge >= 0.3 is 0 Å². The average molecular weight is 297 g/mol. The Morgan fingerprint density at radius 3 is 2.65 bits per heavy atom. The number of aliphatic hydroxyl groups is 1. The van der Waals surface area contributed by atoms with E-state index in [1.54, 1.807) is 0 Å². The van der Waals surface area contributed by atoms with Crippen LogP contribution in [0.3, 0.4) is 0 Å². The SMILES string of the molecule is CCC(O)C1CCCCN1S(=O)(=O)Cc1ccccc1. The Bertz CT molecular complexity index is 515. The smallest absolute Gasteiger partial charge is 0.218 e. The number of benzene rings is 1. The largest absolute Gasteiger partial charge is 0.391 e. The minimum Gasteiger partial charge on any atom is -0.391 e. The van der Waals surface area contributed by atoms with Crippen LogP contribution >= 0.6 is 0 Å². The number of sulfonamides is 1. The molecule has 0 amide bonds. The Kier molecular flexibility index (Phi) is 5.18. The van der Waals surface area contributed by atoms with Crippen LogP contribution in [-0.4, -0.2) is 36.5 Å². The van der Waals surface area contributed by atoms with Gasteiger partial charge in [0, 0.05) is 6.54 Å². The van der Waals surface area contributed by atoms with Crippen molar-refractivity contribution in [3.05, 3.63) is 35.9 Å². The van der Waals surface area contributed by atoms with E-state index in [4.69, 9.17) is 0 Å². The first-order chi connectivity index (χ1) is 9.54. The van der Waals surface area contributed by atoms with Crippen LogP contribution in [0.2, 0.25) is 0 Å². The molecule has 1 N–H and O–H groups in total. The molecule has 0 aliphatic carbocycles. The Morgan fingerprint density at radius 2 is 2.00 bits per heavy atom. The Morgan fingerprint density at radius 1 is 1.30 bits per heavy atom. The Balaban J connectivity index is 2.18. The predicted octanol–water partition coefficient (Wildman–Crippen LogP) is 2.14. The summed E-state index contributed by atoms with van der Waals surface area (Å²) in [6.45, 7) is 2.41. The molecule has 1 aliphatic rings. The van der Waals surface area contributed by atoms with Crippen LogP contribution in [0.15, 0.2) is 30.3 Å². The number of piperidine rings is 1. The van der Waals surface area contributed by atoms with Gasteiger partial charge in [-0.05, 0) is 24.8 Å². The molecule has 0 aromatic heterocycles. The van der Waals surface area contributed by atoms with Crippen LogP contribution in [0.4, 0.5) is 0 Å². The fourth-order valence-corrected chi connectivity index (χ4v) is 4.65. The van der Waals surface area contributed by atoms with E-state index in [0.29, 0.717) is 13.0 Å². The van der Waals surface area contributed by atoms with Gasteiger partial charge in [0.15, 0.2) is 0 Å². The summed E-state index contributed by atoms with van der Waals surface area (Å²) in [7, 11) is -3.37. The van der Waals surface area contributed by atoms with Crippen molar-refractivity contribution >= 4 is 10.0 Å². The fourth-order valence-electron chi connectivity index (χ4n) is 2.80. The highest BCUT2D eigenvalue weighted by Crippen LogP contribution is 2.26. The summed E-state index contributed by atoms with van der Waals surface area (Å²) in [5, 5.41) is 10.1. The van der Waals surface area contributed by atoms with E-state index in [1.807, 2.05) is 37.3 Å². The predicted molar refractivity (Wildman–Crippen MR) is 79.7 cm³/mol. The molecular weight excluding hydrogens is 274 g/mol. The molecule has 0 saturated carbocycles. The molecule has 1 aromatic rings. The summed E-state index contributed by atoms with van der Waals surface area (Å²) in [6.07, 6.45) is 2.63. The van der Waals surface area contributed by atoms with Crippen molar-refractivity contribution in [2.24, 2.45) is 0 Å². The van der Waals surface area contributed by atoms with E-state index in [1.165, 1.54) is 4.31 Å². The zero-order valence-electron chi connectivity index (χ0n) is 11.9. The van der Waals surface area contributed by atoms with Crippen LogP contribution in [0.25, 0.3) is 0 Å². The molecule has 4 nitrogen and oxygen atoms in total. The van der Waals surface area contributed by atoms with Gasteiger partial charge in [-0.25, -0.2) is 8.42 Å². The molecule has 0 bridgehead atoms. The molecule has 1 aliphatic heterocycles. The van der Waals surface area contributed by atoms with E-state index >= 15 is 0 Å². The quantitative estimate of drug-likeness (QED) is 0.906.